The van der Waals surface area contributed by atoms with Gasteiger partial charge in [-0.15, -0.1) is 0 Å². The van der Waals surface area contributed by atoms with Crippen molar-refractivity contribution in [3.8, 4) is 17.2 Å². The number of aromatic amines is 1. The van der Waals surface area contributed by atoms with Crippen LogP contribution < -0.4 is 19.5 Å². The third-order valence-corrected chi connectivity index (χ3v) is 3.89. The SMILES string of the molecule is COc1cc(C(=O)NCc2[nH]nc3ccccc23)cc(OC)c1OC. The number of benzene rings is 2. The van der Waals surface area contributed by atoms with Crippen molar-refractivity contribution in [2.75, 3.05) is 21.3 Å². The highest BCUT2D eigenvalue weighted by Crippen LogP contribution is 2.38. The second-order valence-corrected chi connectivity index (χ2v) is 5.32. The molecule has 0 fully saturated rings. The lowest BCUT2D eigenvalue weighted by Gasteiger charge is -2.14. The van der Waals surface area contributed by atoms with E-state index in [0.29, 0.717) is 29.4 Å². The molecule has 0 saturated carbocycles. The molecule has 1 aromatic heterocycles. The van der Waals surface area contributed by atoms with Gasteiger partial charge in [0, 0.05) is 10.9 Å². The Balaban J connectivity index is 1.81. The topological polar surface area (TPSA) is 85.5 Å². The van der Waals surface area contributed by atoms with E-state index in [1.165, 1.54) is 21.3 Å². The van der Waals surface area contributed by atoms with Crippen molar-refractivity contribution in [1.29, 1.82) is 0 Å². The van der Waals surface area contributed by atoms with Gasteiger partial charge in [-0.1, -0.05) is 18.2 Å². The molecule has 1 heterocycles. The minimum absolute atomic E-state index is 0.252. The molecule has 0 aliphatic carbocycles. The summed E-state index contributed by atoms with van der Waals surface area (Å²) in [5.41, 5.74) is 2.12. The number of ether oxygens (including phenoxy) is 3. The summed E-state index contributed by atoms with van der Waals surface area (Å²) < 4.78 is 15.8. The number of aromatic nitrogens is 2. The van der Waals surface area contributed by atoms with E-state index in [4.69, 9.17) is 14.2 Å². The van der Waals surface area contributed by atoms with Gasteiger partial charge in [0.25, 0.3) is 5.91 Å². The smallest absolute Gasteiger partial charge is 0.251 e. The van der Waals surface area contributed by atoms with Gasteiger partial charge < -0.3 is 19.5 Å². The molecule has 2 aromatic carbocycles. The lowest BCUT2D eigenvalue weighted by atomic mass is 10.1. The zero-order valence-electron chi connectivity index (χ0n) is 14.3. The van der Waals surface area contributed by atoms with E-state index in [1.54, 1.807) is 12.1 Å². The van der Waals surface area contributed by atoms with Crippen LogP contribution in [0.4, 0.5) is 0 Å². The monoisotopic (exact) mass is 341 g/mol. The van der Waals surface area contributed by atoms with Crippen LogP contribution in [0, 0.1) is 0 Å². The van der Waals surface area contributed by atoms with Gasteiger partial charge in [-0.3, -0.25) is 9.89 Å². The fraction of sp³-hybridized carbons (Fsp3) is 0.222. The van der Waals surface area contributed by atoms with Gasteiger partial charge in [0.05, 0.1) is 39.1 Å². The van der Waals surface area contributed by atoms with E-state index in [9.17, 15) is 4.79 Å². The summed E-state index contributed by atoms with van der Waals surface area (Å²) in [4.78, 5) is 12.5. The van der Waals surface area contributed by atoms with Crippen LogP contribution in [0.25, 0.3) is 10.9 Å². The van der Waals surface area contributed by atoms with Gasteiger partial charge in [-0.25, -0.2) is 0 Å². The zero-order chi connectivity index (χ0) is 17.8. The van der Waals surface area contributed by atoms with Crippen molar-refractivity contribution < 1.29 is 19.0 Å². The van der Waals surface area contributed by atoms with Crippen LogP contribution in [-0.4, -0.2) is 37.4 Å². The van der Waals surface area contributed by atoms with Crippen LogP contribution >= 0.6 is 0 Å². The molecule has 0 radical (unpaired) electrons. The first kappa shape index (κ1) is 16.6. The van der Waals surface area contributed by atoms with Crippen molar-refractivity contribution in [3.63, 3.8) is 0 Å². The highest BCUT2D eigenvalue weighted by atomic mass is 16.5. The normalized spacial score (nSPS) is 10.5. The van der Waals surface area contributed by atoms with Gasteiger partial charge in [-0.05, 0) is 18.2 Å². The minimum Gasteiger partial charge on any atom is -0.493 e. The van der Waals surface area contributed by atoms with E-state index >= 15 is 0 Å². The minimum atomic E-state index is -0.252. The van der Waals surface area contributed by atoms with Gasteiger partial charge in [-0.2, -0.15) is 5.10 Å². The predicted octanol–water partition coefficient (Wildman–Crippen LogP) is 2.52. The number of amides is 1. The maximum absolute atomic E-state index is 12.5. The zero-order valence-corrected chi connectivity index (χ0v) is 14.3. The Bertz CT molecular complexity index is 879. The first-order valence-corrected chi connectivity index (χ1v) is 7.68. The molecule has 1 amide bonds. The average Bonchev–Trinajstić information content (AvgIpc) is 3.07. The maximum atomic E-state index is 12.5. The van der Waals surface area contributed by atoms with Gasteiger partial charge >= 0.3 is 0 Å². The van der Waals surface area contributed by atoms with E-state index in [1.807, 2.05) is 24.3 Å². The molecule has 25 heavy (non-hydrogen) atoms. The van der Waals surface area contributed by atoms with E-state index in [2.05, 4.69) is 15.5 Å². The molecule has 7 heteroatoms. The Morgan fingerprint density at radius 3 is 2.40 bits per heavy atom. The van der Waals surface area contributed by atoms with Gasteiger partial charge in [0.15, 0.2) is 11.5 Å². The summed E-state index contributed by atoms with van der Waals surface area (Å²) in [5, 5.41) is 11.0. The summed E-state index contributed by atoms with van der Waals surface area (Å²) in [6.45, 7) is 0.329. The Hall–Kier alpha value is -3.22. The number of fused-ring (bicyclic) bond motifs is 1. The lowest BCUT2D eigenvalue weighted by Crippen LogP contribution is -2.23. The summed E-state index contributed by atoms with van der Waals surface area (Å²) in [6, 6.07) is 10.9. The molecule has 0 spiro atoms. The number of carbonyl (C=O) groups is 1. The van der Waals surface area contributed by atoms with Crippen molar-refractivity contribution in [2.45, 2.75) is 6.54 Å². The first-order valence-electron chi connectivity index (χ1n) is 7.68. The van der Waals surface area contributed by atoms with E-state index in [-0.39, 0.29) is 5.91 Å². The largest absolute Gasteiger partial charge is 0.493 e. The van der Waals surface area contributed by atoms with Crippen LogP contribution in [0.3, 0.4) is 0 Å². The predicted molar refractivity (Wildman–Crippen MR) is 93.4 cm³/mol. The number of nitrogens with one attached hydrogen (secondary N) is 2. The molecule has 0 atom stereocenters. The summed E-state index contributed by atoms with van der Waals surface area (Å²) in [6.07, 6.45) is 0. The van der Waals surface area contributed by atoms with Crippen LogP contribution in [-0.2, 0) is 6.54 Å². The Morgan fingerprint density at radius 2 is 1.76 bits per heavy atom. The second-order valence-electron chi connectivity index (χ2n) is 5.32. The van der Waals surface area contributed by atoms with Crippen molar-refractivity contribution >= 4 is 16.8 Å². The van der Waals surface area contributed by atoms with Crippen molar-refractivity contribution in [3.05, 3.63) is 47.7 Å². The quantitative estimate of drug-likeness (QED) is 0.719. The number of methoxy groups -OCH3 is 3. The number of nitrogens with zero attached hydrogens (tertiary/aromatic N) is 1. The highest BCUT2D eigenvalue weighted by molar-refractivity contribution is 5.95. The molecular weight excluding hydrogens is 322 g/mol. The van der Waals surface area contributed by atoms with Gasteiger partial charge in [0.2, 0.25) is 5.75 Å². The van der Waals surface area contributed by atoms with Crippen molar-refractivity contribution in [2.24, 2.45) is 0 Å². The average molecular weight is 341 g/mol. The molecule has 130 valence electrons. The lowest BCUT2D eigenvalue weighted by molar-refractivity contribution is 0.0949. The molecule has 0 unspecified atom stereocenters. The van der Waals surface area contributed by atoms with Crippen LogP contribution in [0.5, 0.6) is 17.2 Å². The molecule has 3 rings (SSSR count). The van der Waals surface area contributed by atoms with Crippen molar-refractivity contribution in [1.82, 2.24) is 15.5 Å². The fourth-order valence-corrected chi connectivity index (χ4v) is 2.63. The molecule has 3 aromatic rings. The number of H-pyrrole nitrogens is 1. The molecule has 7 nitrogen and oxygen atoms in total. The first-order chi connectivity index (χ1) is 12.2. The molecular formula is C18H19N3O4. The Kier molecular flexibility index (Phi) is 4.74. The standard InChI is InChI=1S/C18H19N3O4/c1-23-15-8-11(9-16(24-2)17(15)25-3)18(22)19-10-14-12-6-4-5-7-13(12)20-21-14/h4-9H,10H2,1-3H3,(H,19,22)(H,20,21). The Labute approximate surface area is 144 Å². The summed E-state index contributed by atoms with van der Waals surface area (Å²) in [5.74, 6) is 1.05. The number of para-hydroxylation sites is 1. The Morgan fingerprint density at radius 1 is 1.08 bits per heavy atom. The van der Waals surface area contributed by atoms with Gasteiger partial charge in [0.1, 0.15) is 0 Å². The molecule has 2 N–H and O–H groups in total. The van der Waals surface area contributed by atoms with Crippen LogP contribution in [0.2, 0.25) is 0 Å². The third-order valence-electron chi connectivity index (χ3n) is 3.89. The number of hydrogen-bond acceptors (Lipinski definition) is 5. The van der Waals surface area contributed by atoms with E-state index < -0.39 is 0 Å². The highest BCUT2D eigenvalue weighted by Gasteiger charge is 2.17. The van der Waals surface area contributed by atoms with E-state index in [0.717, 1.165) is 16.6 Å². The van der Waals surface area contributed by atoms with Crippen LogP contribution in [0.1, 0.15) is 16.1 Å². The summed E-state index contributed by atoms with van der Waals surface area (Å²) >= 11 is 0. The maximum Gasteiger partial charge on any atom is 0.251 e. The molecule has 0 aliphatic heterocycles. The van der Waals surface area contributed by atoms with Crippen LogP contribution in [0.15, 0.2) is 36.4 Å². The molecule has 0 bridgehead atoms. The fourth-order valence-electron chi connectivity index (χ4n) is 2.63. The third kappa shape index (κ3) is 3.21. The number of carbonyl (C=O) groups excluding carboxylic acids is 1. The number of hydrogen-bond donors (Lipinski definition) is 2. The summed E-state index contributed by atoms with van der Waals surface area (Å²) in [7, 11) is 4.54. The molecule has 0 saturated heterocycles. The number of rotatable bonds is 6. The molecule has 0 aliphatic rings. The second kappa shape index (κ2) is 7.12.